The van der Waals surface area contributed by atoms with Crippen molar-refractivity contribution in [1.29, 1.82) is 0 Å². The fraction of sp³-hybridized carbons (Fsp3) is 0.278. The molecule has 1 fully saturated rings. The summed E-state index contributed by atoms with van der Waals surface area (Å²) in [5, 5.41) is 3.10. The monoisotopic (exact) mass is 316 g/mol. The molecule has 0 bridgehead atoms. The maximum absolute atomic E-state index is 13.5. The fourth-order valence-corrected chi connectivity index (χ4v) is 2.74. The van der Waals surface area contributed by atoms with Gasteiger partial charge in [-0.3, -0.25) is 4.79 Å². The van der Waals surface area contributed by atoms with Crippen LogP contribution >= 0.6 is 0 Å². The van der Waals surface area contributed by atoms with E-state index in [1.54, 1.807) is 4.90 Å². The van der Waals surface area contributed by atoms with Gasteiger partial charge in [-0.2, -0.15) is 0 Å². The number of nitrogens with one attached hydrogen (secondary N) is 1. The zero-order chi connectivity index (χ0) is 16.2. The number of rotatable bonds is 5. The molecular formula is C18H18F2N2O. The van der Waals surface area contributed by atoms with Gasteiger partial charge in [0, 0.05) is 37.3 Å². The van der Waals surface area contributed by atoms with Crippen LogP contribution in [0.15, 0.2) is 42.5 Å². The van der Waals surface area contributed by atoms with Gasteiger partial charge in [0.1, 0.15) is 11.6 Å². The fourth-order valence-electron chi connectivity index (χ4n) is 2.74. The van der Waals surface area contributed by atoms with Crippen molar-refractivity contribution in [2.75, 3.05) is 11.4 Å². The average molecular weight is 316 g/mol. The van der Waals surface area contributed by atoms with Crippen molar-refractivity contribution in [2.24, 2.45) is 0 Å². The van der Waals surface area contributed by atoms with Crippen molar-refractivity contribution in [3.05, 3.63) is 65.2 Å². The van der Waals surface area contributed by atoms with Crippen LogP contribution in [0.5, 0.6) is 0 Å². The van der Waals surface area contributed by atoms with Crippen molar-refractivity contribution >= 4 is 11.6 Å². The zero-order valence-electron chi connectivity index (χ0n) is 12.7. The highest BCUT2D eigenvalue weighted by molar-refractivity contribution is 5.95. The average Bonchev–Trinajstić information content (AvgIpc) is 2.97. The van der Waals surface area contributed by atoms with Gasteiger partial charge in [0.25, 0.3) is 0 Å². The lowest BCUT2D eigenvalue weighted by atomic mass is 10.1. The smallest absolute Gasteiger partial charge is 0.227 e. The van der Waals surface area contributed by atoms with Crippen LogP contribution < -0.4 is 10.2 Å². The Bertz CT molecular complexity index is 701. The number of hydrogen-bond acceptors (Lipinski definition) is 2. The van der Waals surface area contributed by atoms with Gasteiger partial charge < -0.3 is 10.2 Å². The SMILES string of the molecule is O=C1CCCN1c1ccc(CNCc2cc(F)ccc2F)cc1. The van der Waals surface area contributed by atoms with Crippen molar-refractivity contribution < 1.29 is 13.6 Å². The van der Waals surface area contributed by atoms with Crippen LogP contribution in [0.25, 0.3) is 0 Å². The van der Waals surface area contributed by atoms with E-state index in [4.69, 9.17) is 0 Å². The molecule has 2 aromatic carbocycles. The number of halogens is 2. The van der Waals surface area contributed by atoms with Gasteiger partial charge in [-0.25, -0.2) is 8.78 Å². The highest BCUT2D eigenvalue weighted by Crippen LogP contribution is 2.21. The second-order valence-electron chi connectivity index (χ2n) is 5.65. The molecule has 1 saturated heterocycles. The molecule has 1 amide bonds. The van der Waals surface area contributed by atoms with Gasteiger partial charge in [0.05, 0.1) is 0 Å². The highest BCUT2D eigenvalue weighted by atomic mass is 19.1. The Morgan fingerprint density at radius 2 is 1.83 bits per heavy atom. The molecule has 0 aliphatic carbocycles. The summed E-state index contributed by atoms with van der Waals surface area (Å²) in [5.41, 5.74) is 2.24. The Kier molecular flexibility index (Phi) is 4.67. The number of benzene rings is 2. The number of nitrogens with zero attached hydrogens (tertiary/aromatic N) is 1. The summed E-state index contributed by atoms with van der Waals surface area (Å²) in [6, 6.07) is 11.2. The molecule has 1 N–H and O–H groups in total. The number of carbonyl (C=O) groups excluding carboxylic acids is 1. The van der Waals surface area contributed by atoms with Gasteiger partial charge >= 0.3 is 0 Å². The van der Waals surface area contributed by atoms with Crippen LogP contribution in [0.1, 0.15) is 24.0 Å². The van der Waals surface area contributed by atoms with E-state index in [0.29, 0.717) is 18.5 Å². The molecule has 2 aromatic rings. The minimum Gasteiger partial charge on any atom is -0.312 e. The van der Waals surface area contributed by atoms with E-state index < -0.39 is 11.6 Å². The molecule has 1 heterocycles. The molecule has 0 aromatic heterocycles. The first-order valence-corrected chi connectivity index (χ1v) is 7.67. The van der Waals surface area contributed by atoms with Crippen LogP contribution in [0.3, 0.4) is 0 Å². The van der Waals surface area contributed by atoms with Gasteiger partial charge in [-0.1, -0.05) is 12.1 Å². The maximum Gasteiger partial charge on any atom is 0.227 e. The summed E-state index contributed by atoms with van der Waals surface area (Å²) in [5.74, 6) is -0.693. The van der Waals surface area contributed by atoms with Crippen molar-refractivity contribution in [1.82, 2.24) is 5.32 Å². The molecule has 1 aliphatic heterocycles. The summed E-state index contributed by atoms with van der Waals surface area (Å²) in [6.07, 6.45) is 1.52. The van der Waals surface area contributed by atoms with Gasteiger partial charge in [0.2, 0.25) is 5.91 Å². The second-order valence-corrected chi connectivity index (χ2v) is 5.65. The molecule has 0 spiro atoms. The Morgan fingerprint density at radius 1 is 1.04 bits per heavy atom. The molecule has 3 rings (SSSR count). The first-order valence-electron chi connectivity index (χ1n) is 7.67. The van der Waals surface area contributed by atoms with Crippen molar-refractivity contribution in [2.45, 2.75) is 25.9 Å². The molecule has 1 aliphatic rings. The molecule has 0 saturated carbocycles. The number of carbonyl (C=O) groups is 1. The summed E-state index contributed by atoms with van der Waals surface area (Å²) in [6.45, 7) is 1.58. The van der Waals surface area contributed by atoms with E-state index in [2.05, 4.69) is 5.32 Å². The molecule has 5 heteroatoms. The third-order valence-corrected chi connectivity index (χ3v) is 3.97. The van der Waals surface area contributed by atoms with E-state index >= 15 is 0 Å². The van der Waals surface area contributed by atoms with Crippen LogP contribution in [-0.2, 0) is 17.9 Å². The lowest BCUT2D eigenvalue weighted by Gasteiger charge is -2.16. The van der Waals surface area contributed by atoms with Crippen molar-refractivity contribution in [3.63, 3.8) is 0 Å². The molecule has 23 heavy (non-hydrogen) atoms. The van der Waals surface area contributed by atoms with Crippen molar-refractivity contribution in [3.8, 4) is 0 Å². The van der Waals surface area contributed by atoms with E-state index in [1.165, 1.54) is 6.07 Å². The van der Waals surface area contributed by atoms with Crippen LogP contribution in [0.2, 0.25) is 0 Å². The lowest BCUT2D eigenvalue weighted by Crippen LogP contribution is -2.23. The minimum absolute atomic E-state index is 0.164. The zero-order valence-corrected chi connectivity index (χ0v) is 12.7. The highest BCUT2D eigenvalue weighted by Gasteiger charge is 2.21. The minimum atomic E-state index is -0.442. The predicted molar refractivity (Wildman–Crippen MR) is 84.9 cm³/mol. The third-order valence-electron chi connectivity index (χ3n) is 3.97. The molecule has 0 radical (unpaired) electrons. The molecule has 0 atom stereocenters. The Balaban J connectivity index is 1.56. The topological polar surface area (TPSA) is 32.3 Å². The second kappa shape index (κ2) is 6.87. The van der Waals surface area contributed by atoms with E-state index in [9.17, 15) is 13.6 Å². The standard InChI is InChI=1S/C18H18F2N2O/c19-15-5-8-17(20)14(10-15)12-21-11-13-3-6-16(7-4-13)22-9-1-2-18(22)23/h3-8,10,21H,1-2,9,11-12H2. The third kappa shape index (κ3) is 3.74. The predicted octanol–water partition coefficient (Wildman–Crippen LogP) is 3.38. The summed E-state index contributed by atoms with van der Waals surface area (Å²) in [7, 11) is 0. The summed E-state index contributed by atoms with van der Waals surface area (Å²) < 4.78 is 26.6. The lowest BCUT2D eigenvalue weighted by molar-refractivity contribution is -0.117. The molecular weight excluding hydrogens is 298 g/mol. The molecule has 0 unspecified atom stereocenters. The van der Waals surface area contributed by atoms with Gasteiger partial charge in [-0.05, 0) is 42.3 Å². The van der Waals surface area contributed by atoms with Gasteiger partial charge in [-0.15, -0.1) is 0 Å². The first-order chi connectivity index (χ1) is 11.1. The largest absolute Gasteiger partial charge is 0.312 e. The Labute approximate surface area is 133 Å². The summed E-state index contributed by atoms with van der Waals surface area (Å²) in [4.78, 5) is 13.5. The Hall–Kier alpha value is -2.27. The Morgan fingerprint density at radius 3 is 2.52 bits per heavy atom. The van der Waals surface area contributed by atoms with Crippen LogP contribution in [0.4, 0.5) is 14.5 Å². The molecule has 120 valence electrons. The normalized spacial score (nSPS) is 14.5. The number of hydrogen-bond donors (Lipinski definition) is 1. The maximum atomic E-state index is 13.5. The quantitative estimate of drug-likeness (QED) is 0.917. The molecule has 3 nitrogen and oxygen atoms in total. The van der Waals surface area contributed by atoms with E-state index in [-0.39, 0.29) is 12.5 Å². The van der Waals surface area contributed by atoms with Gasteiger partial charge in [0.15, 0.2) is 0 Å². The van der Waals surface area contributed by atoms with Crippen LogP contribution in [0, 0.1) is 11.6 Å². The number of anilines is 1. The number of amides is 1. The van der Waals surface area contributed by atoms with Crippen LogP contribution in [-0.4, -0.2) is 12.5 Å². The first kappa shape index (κ1) is 15.6. The van der Waals surface area contributed by atoms with E-state index in [1.807, 2.05) is 24.3 Å². The summed E-state index contributed by atoms with van der Waals surface area (Å²) >= 11 is 0. The van der Waals surface area contributed by atoms with E-state index in [0.717, 1.165) is 36.3 Å².